The van der Waals surface area contributed by atoms with Crippen molar-refractivity contribution in [3.8, 4) is 11.5 Å². The third-order valence-corrected chi connectivity index (χ3v) is 5.54. The molecule has 168 valence electrons. The lowest BCUT2D eigenvalue weighted by molar-refractivity contribution is -0.139. The molecule has 0 fully saturated rings. The molecule has 32 heavy (non-hydrogen) atoms. The third-order valence-electron chi connectivity index (χ3n) is 4.34. The van der Waals surface area contributed by atoms with Gasteiger partial charge in [0.05, 0.1) is 37.3 Å². The van der Waals surface area contributed by atoms with Crippen LogP contribution in [0.25, 0.3) is 6.08 Å². The van der Waals surface area contributed by atoms with Crippen LogP contribution >= 0.6 is 23.4 Å². The fourth-order valence-electron chi connectivity index (χ4n) is 2.94. The number of aliphatic imine (C=N–C) groups is 1. The van der Waals surface area contributed by atoms with Gasteiger partial charge in [0.25, 0.3) is 5.91 Å². The number of thioether (sulfide) groups is 1. The van der Waals surface area contributed by atoms with Crippen LogP contribution < -0.4 is 14.4 Å². The zero-order chi connectivity index (χ0) is 23.3. The number of carbonyl (C=O) groups is 2. The van der Waals surface area contributed by atoms with Crippen LogP contribution in [0.2, 0.25) is 5.02 Å². The van der Waals surface area contributed by atoms with Crippen LogP contribution in [-0.4, -0.2) is 43.6 Å². The van der Waals surface area contributed by atoms with E-state index in [4.69, 9.17) is 25.8 Å². The van der Waals surface area contributed by atoms with Crippen LogP contribution in [0, 0.1) is 5.82 Å². The van der Waals surface area contributed by atoms with Crippen LogP contribution in [-0.2, 0) is 14.3 Å². The number of nitrogens with zero attached hydrogens (tertiary/aromatic N) is 2. The third kappa shape index (κ3) is 5.05. The zero-order valence-corrected chi connectivity index (χ0v) is 19.1. The van der Waals surface area contributed by atoms with Crippen LogP contribution in [0.4, 0.5) is 10.1 Å². The molecule has 0 unspecified atom stereocenters. The average molecular weight is 479 g/mol. The largest absolute Gasteiger partial charge is 0.493 e. The predicted molar refractivity (Wildman–Crippen MR) is 123 cm³/mol. The number of carbonyl (C=O) groups excluding carboxylic acids is 2. The lowest BCUT2D eigenvalue weighted by atomic mass is 10.1. The van der Waals surface area contributed by atoms with Crippen LogP contribution in [0.1, 0.15) is 12.5 Å². The van der Waals surface area contributed by atoms with Crippen molar-refractivity contribution < 1.29 is 28.2 Å². The highest BCUT2D eigenvalue weighted by molar-refractivity contribution is 8.14. The van der Waals surface area contributed by atoms with Crippen molar-refractivity contribution in [2.24, 2.45) is 4.99 Å². The number of para-hydroxylation sites is 1. The molecular weight excluding hydrogens is 459 g/mol. The van der Waals surface area contributed by atoms with Crippen molar-refractivity contribution in [1.29, 1.82) is 0 Å². The summed E-state index contributed by atoms with van der Waals surface area (Å²) in [5.41, 5.74) is 0.994. The van der Waals surface area contributed by atoms with Gasteiger partial charge in [0, 0.05) is 5.56 Å². The van der Waals surface area contributed by atoms with Crippen molar-refractivity contribution in [2.45, 2.75) is 6.92 Å². The van der Waals surface area contributed by atoms with E-state index in [0.29, 0.717) is 22.7 Å². The molecule has 1 aliphatic heterocycles. The highest BCUT2D eigenvalue weighted by atomic mass is 35.5. The van der Waals surface area contributed by atoms with Gasteiger partial charge in [-0.05, 0) is 37.3 Å². The van der Waals surface area contributed by atoms with Gasteiger partial charge in [-0.25, -0.2) is 9.38 Å². The van der Waals surface area contributed by atoms with E-state index in [-0.39, 0.29) is 28.2 Å². The normalized spacial score (nSPS) is 14.5. The van der Waals surface area contributed by atoms with E-state index >= 15 is 0 Å². The maximum Gasteiger partial charge on any atom is 0.316 e. The molecule has 3 rings (SSSR count). The number of anilines is 1. The number of benzene rings is 2. The quantitative estimate of drug-likeness (QED) is 0.429. The molecule has 0 atom stereocenters. The predicted octanol–water partition coefficient (Wildman–Crippen LogP) is 4.54. The van der Waals surface area contributed by atoms with Crippen molar-refractivity contribution in [2.75, 3.05) is 31.5 Å². The van der Waals surface area contributed by atoms with Gasteiger partial charge in [-0.2, -0.15) is 0 Å². The van der Waals surface area contributed by atoms with E-state index in [1.807, 2.05) is 0 Å². The number of methoxy groups -OCH3 is 2. The fourth-order valence-corrected chi connectivity index (χ4v) is 3.93. The molecule has 2 aromatic carbocycles. The van der Waals surface area contributed by atoms with E-state index in [2.05, 4.69) is 4.99 Å². The van der Waals surface area contributed by atoms with Gasteiger partial charge in [-0.15, -0.1) is 0 Å². The Hall–Kier alpha value is -3.04. The minimum Gasteiger partial charge on any atom is -0.493 e. The molecule has 10 heteroatoms. The number of amidine groups is 1. The monoisotopic (exact) mass is 478 g/mol. The first-order chi connectivity index (χ1) is 15.4. The molecule has 1 aliphatic rings. The van der Waals surface area contributed by atoms with Gasteiger partial charge < -0.3 is 14.2 Å². The minimum atomic E-state index is -0.614. The second kappa shape index (κ2) is 10.5. The lowest BCUT2D eigenvalue weighted by Crippen LogP contribution is -2.31. The Bertz CT molecular complexity index is 1110. The van der Waals surface area contributed by atoms with Crippen molar-refractivity contribution in [1.82, 2.24) is 0 Å². The smallest absolute Gasteiger partial charge is 0.316 e. The molecular formula is C22H20ClFN2O5S. The standard InChI is InChI=1S/C22H20ClFN2O5S/c1-4-31-19(27)12-32-22-25-17(10-13-6-5-7-18(29-2)20(13)30-3)21(28)26(22)14-8-9-16(24)15(23)11-14/h5-11H,4,12H2,1-3H3. The molecule has 0 N–H and O–H groups in total. The molecule has 0 aromatic heterocycles. The second-order valence-electron chi connectivity index (χ2n) is 6.34. The summed E-state index contributed by atoms with van der Waals surface area (Å²) in [6.45, 7) is 1.94. The van der Waals surface area contributed by atoms with Gasteiger partial charge >= 0.3 is 5.97 Å². The summed E-state index contributed by atoms with van der Waals surface area (Å²) in [6, 6.07) is 9.13. The molecule has 0 saturated heterocycles. The summed E-state index contributed by atoms with van der Waals surface area (Å²) in [6.07, 6.45) is 1.56. The number of hydrogen-bond donors (Lipinski definition) is 0. The molecule has 7 nitrogen and oxygen atoms in total. The summed E-state index contributed by atoms with van der Waals surface area (Å²) in [5.74, 6) is -0.650. The highest BCUT2D eigenvalue weighted by Gasteiger charge is 2.33. The highest BCUT2D eigenvalue weighted by Crippen LogP contribution is 2.35. The van der Waals surface area contributed by atoms with Crippen LogP contribution in [0.5, 0.6) is 11.5 Å². The molecule has 1 amide bonds. The summed E-state index contributed by atoms with van der Waals surface area (Å²) >= 11 is 6.94. The topological polar surface area (TPSA) is 77.4 Å². The Kier molecular flexibility index (Phi) is 7.76. The Morgan fingerprint density at radius 1 is 1.25 bits per heavy atom. The molecule has 0 saturated carbocycles. The van der Waals surface area contributed by atoms with Crippen molar-refractivity contribution in [3.63, 3.8) is 0 Å². The zero-order valence-electron chi connectivity index (χ0n) is 17.6. The molecule has 1 heterocycles. The maximum atomic E-state index is 13.7. The first kappa shape index (κ1) is 23.6. The molecule has 2 aromatic rings. The fraction of sp³-hybridized carbons (Fsp3) is 0.227. The van der Waals surface area contributed by atoms with Crippen molar-refractivity contribution >= 4 is 52.2 Å². The van der Waals surface area contributed by atoms with Gasteiger partial charge in [0.2, 0.25) is 0 Å². The van der Waals surface area contributed by atoms with E-state index in [1.165, 1.54) is 31.3 Å². The lowest BCUT2D eigenvalue weighted by Gasteiger charge is -2.18. The number of ether oxygens (including phenoxy) is 3. The summed E-state index contributed by atoms with van der Waals surface area (Å²) < 4.78 is 29.3. The summed E-state index contributed by atoms with van der Waals surface area (Å²) in [5, 5.41) is 0.0933. The van der Waals surface area contributed by atoms with Gasteiger partial charge in [0.15, 0.2) is 16.7 Å². The number of amides is 1. The number of halogens is 2. The second-order valence-corrected chi connectivity index (χ2v) is 7.69. The summed E-state index contributed by atoms with van der Waals surface area (Å²) in [4.78, 5) is 30.8. The molecule has 0 aliphatic carbocycles. The van der Waals surface area contributed by atoms with Gasteiger partial charge in [0.1, 0.15) is 11.5 Å². The molecule has 0 spiro atoms. The number of hydrogen-bond acceptors (Lipinski definition) is 7. The number of esters is 1. The van der Waals surface area contributed by atoms with Gasteiger partial charge in [-0.1, -0.05) is 35.5 Å². The Morgan fingerprint density at radius 2 is 2.03 bits per heavy atom. The SMILES string of the molecule is CCOC(=O)CSC1=NC(=Cc2cccc(OC)c2OC)C(=O)N1c1ccc(F)c(Cl)c1. The van der Waals surface area contributed by atoms with E-state index < -0.39 is 17.7 Å². The minimum absolute atomic E-state index is 0.0544. The van der Waals surface area contributed by atoms with E-state index in [1.54, 1.807) is 31.2 Å². The average Bonchev–Trinajstić information content (AvgIpc) is 3.09. The Labute approximate surface area is 193 Å². The van der Waals surface area contributed by atoms with Crippen molar-refractivity contribution in [3.05, 3.63) is 58.5 Å². The summed E-state index contributed by atoms with van der Waals surface area (Å²) in [7, 11) is 3.00. The van der Waals surface area contributed by atoms with E-state index in [9.17, 15) is 14.0 Å². The number of rotatable bonds is 7. The molecule has 0 bridgehead atoms. The first-order valence-electron chi connectivity index (χ1n) is 9.48. The van der Waals surface area contributed by atoms with E-state index in [0.717, 1.165) is 17.8 Å². The Balaban J connectivity index is 2.02. The first-order valence-corrected chi connectivity index (χ1v) is 10.8. The van der Waals surface area contributed by atoms with Gasteiger partial charge in [-0.3, -0.25) is 14.5 Å². The maximum absolute atomic E-state index is 13.7. The van der Waals surface area contributed by atoms with Crippen LogP contribution in [0.3, 0.4) is 0 Å². The molecule has 0 radical (unpaired) electrons. The Morgan fingerprint density at radius 3 is 2.69 bits per heavy atom. The van der Waals surface area contributed by atoms with Crippen LogP contribution in [0.15, 0.2) is 47.1 Å².